The van der Waals surface area contributed by atoms with E-state index in [4.69, 9.17) is 0 Å². The third-order valence-corrected chi connectivity index (χ3v) is 3.06. The van der Waals surface area contributed by atoms with Gasteiger partial charge in [-0.2, -0.15) is 0 Å². The predicted molar refractivity (Wildman–Crippen MR) is 64.2 cm³/mol. The van der Waals surface area contributed by atoms with Crippen LogP contribution in [-0.2, 0) is 9.59 Å². The maximum absolute atomic E-state index is 12.3. The summed E-state index contributed by atoms with van der Waals surface area (Å²) in [6.45, 7) is 2.83. The Bertz CT molecular complexity index is 568. The first-order valence-electron chi connectivity index (χ1n) is 5.63. The predicted octanol–water partition coefficient (Wildman–Crippen LogP) is -0.336. The van der Waals surface area contributed by atoms with Crippen molar-refractivity contribution in [3.05, 3.63) is 24.0 Å². The molecule has 0 aliphatic carbocycles. The summed E-state index contributed by atoms with van der Waals surface area (Å²) in [6, 6.07) is 1.34. The highest BCUT2D eigenvalue weighted by Gasteiger charge is 2.44. The average molecular weight is 263 g/mol. The fraction of sp³-hybridized carbons (Fsp3) is 0.333. The fourth-order valence-electron chi connectivity index (χ4n) is 1.82. The largest absolute Gasteiger partial charge is 0.505 e. The van der Waals surface area contributed by atoms with Crippen LogP contribution in [0.15, 0.2) is 18.5 Å². The van der Waals surface area contributed by atoms with Gasteiger partial charge in [-0.1, -0.05) is 0 Å². The van der Waals surface area contributed by atoms with Gasteiger partial charge in [-0.3, -0.25) is 24.7 Å². The molecule has 0 radical (unpaired) electrons. The Morgan fingerprint density at radius 1 is 1.47 bits per heavy atom. The molecule has 3 amide bonds. The maximum Gasteiger partial charge on any atom is 0.259 e. The molecule has 7 heteroatoms. The Morgan fingerprint density at radius 3 is 2.79 bits per heavy atom. The Balaban J connectivity index is 2.40. The summed E-state index contributed by atoms with van der Waals surface area (Å²) in [5, 5.41) is 11.8. The molecular weight excluding hydrogens is 250 g/mol. The number of hydrogen-bond acceptors (Lipinski definition) is 5. The molecule has 2 N–H and O–H groups in total. The first-order valence-corrected chi connectivity index (χ1v) is 5.63. The van der Waals surface area contributed by atoms with E-state index in [2.05, 4.69) is 10.3 Å². The van der Waals surface area contributed by atoms with Crippen LogP contribution in [0.1, 0.15) is 24.2 Å². The van der Waals surface area contributed by atoms with Gasteiger partial charge in [-0.05, 0) is 19.9 Å². The number of hydrogen-bond donors (Lipinski definition) is 2. The SMILES string of the molecule is CC1(C)C(=O)NC(=O)CN1C(=O)c1ccncc1O. The third kappa shape index (κ3) is 2.14. The number of piperazine rings is 1. The molecule has 0 bridgehead atoms. The molecule has 1 saturated heterocycles. The standard InChI is InChI=1S/C12H13N3O4/c1-12(2)11(19)14-9(17)6-15(12)10(18)7-3-4-13-5-8(7)16/h3-5,16H,6H2,1-2H3,(H,14,17,19). The number of nitrogens with zero attached hydrogens (tertiary/aromatic N) is 2. The van der Waals surface area contributed by atoms with E-state index >= 15 is 0 Å². The van der Waals surface area contributed by atoms with Crippen molar-refractivity contribution in [2.24, 2.45) is 0 Å². The van der Waals surface area contributed by atoms with E-state index in [0.29, 0.717) is 0 Å². The van der Waals surface area contributed by atoms with Crippen LogP contribution in [0, 0.1) is 0 Å². The molecule has 100 valence electrons. The Morgan fingerprint density at radius 2 is 2.16 bits per heavy atom. The minimum Gasteiger partial charge on any atom is -0.505 e. The smallest absolute Gasteiger partial charge is 0.259 e. The molecule has 1 aromatic heterocycles. The van der Waals surface area contributed by atoms with Crippen molar-refractivity contribution < 1.29 is 19.5 Å². The summed E-state index contributed by atoms with van der Waals surface area (Å²) in [5.41, 5.74) is -1.16. The molecular formula is C12H13N3O4. The molecule has 0 unspecified atom stereocenters. The fourth-order valence-corrected chi connectivity index (χ4v) is 1.82. The number of carbonyl (C=O) groups is 3. The van der Waals surface area contributed by atoms with Gasteiger partial charge in [0.2, 0.25) is 5.91 Å². The molecule has 1 aliphatic heterocycles. The van der Waals surface area contributed by atoms with Gasteiger partial charge < -0.3 is 10.0 Å². The van der Waals surface area contributed by atoms with Crippen molar-refractivity contribution in [3.63, 3.8) is 0 Å². The second-order valence-electron chi connectivity index (χ2n) is 4.72. The van der Waals surface area contributed by atoms with Crippen LogP contribution in [0.3, 0.4) is 0 Å². The lowest BCUT2D eigenvalue weighted by atomic mass is 9.97. The van der Waals surface area contributed by atoms with Gasteiger partial charge in [0.15, 0.2) is 0 Å². The highest BCUT2D eigenvalue weighted by Crippen LogP contribution is 2.24. The summed E-state index contributed by atoms with van der Waals surface area (Å²) in [5.74, 6) is -1.98. The highest BCUT2D eigenvalue weighted by atomic mass is 16.3. The molecule has 2 rings (SSSR count). The number of rotatable bonds is 1. The van der Waals surface area contributed by atoms with Crippen LogP contribution >= 0.6 is 0 Å². The van der Waals surface area contributed by atoms with Gasteiger partial charge in [0, 0.05) is 6.20 Å². The van der Waals surface area contributed by atoms with Gasteiger partial charge in [0.05, 0.1) is 11.8 Å². The van der Waals surface area contributed by atoms with E-state index in [0.717, 1.165) is 11.1 Å². The lowest BCUT2D eigenvalue weighted by molar-refractivity contribution is -0.143. The van der Waals surface area contributed by atoms with E-state index in [-0.39, 0.29) is 17.9 Å². The molecule has 1 aromatic rings. The highest BCUT2D eigenvalue weighted by molar-refractivity contribution is 6.09. The van der Waals surface area contributed by atoms with Gasteiger partial charge in [-0.25, -0.2) is 0 Å². The second kappa shape index (κ2) is 4.34. The summed E-state index contributed by atoms with van der Waals surface area (Å²) >= 11 is 0. The van der Waals surface area contributed by atoms with E-state index in [9.17, 15) is 19.5 Å². The molecule has 0 saturated carbocycles. The van der Waals surface area contributed by atoms with Crippen LogP contribution in [0.5, 0.6) is 5.75 Å². The topological polar surface area (TPSA) is 99.6 Å². The van der Waals surface area contributed by atoms with Crippen molar-refractivity contribution in [1.82, 2.24) is 15.2 Å². The van der Waals surface area contributed by atoms with Crippen molar-refractivity contribution in [2.75, 3.05) is 6.54 Å². The number of nitrogens with one attached hydrogen (secondary N) is 1. The maximum atomic E-state index is 12.3. The molecule has 0 atom stereocenters. The van der Waals surface area contributed by atoms with Crippen molar-refractivity contribution in [1.29, 1.82) is 0 Å². The monoisotopic (exact) mass is 263 g/mol. The summed E-state index contributed by atoms with van der Waals surface area (Å²) in [7, 11) is 0. The first kappa shape index (κ1) is 13.0. The molecule has 1 fully saturated rings. The Kier molecular flexibility index (Phi) is 2.97. The zero-order valence-corrected chi connectivity index (χ0v) is 10.5. The first-order chi connectivity index (χ1) is 8.84. The summed E-state index contributed by atoms with van der Waals surface area (Å²) in [6.07, 6.45) is 2.48. The van der Waals surface area contributed by atoms with Gasteiger partial charge >= 0.3 is 0 Å². The molecule has 0 aromatic carbocycles. The van der Waals surface area contributed by atoms with Crippen LogP contribution in [0.4, 0.5) is 0 Å². The number of carbonyl (C=O) groups excluding carboxylic acids is 3. The quantitative estimate of drug-likeness (QED) is 0.675. The van der Waals surface area contributed by atoms with Crippen molar-refractivity contribution in [3.8, 4) is 5.75 Å². The van der Waals surface area contributed by atoms with E-state index < -0.39 is 23.3 Å². The summed E-state index contributed by atoms with van der Waals surface area (Å²) in [4.78, 5) is 40.3. The van der Waals surface area contributed by atoms with E-state index in [1.807, 2.05) is 0 Å². The van der Waals surface area contributed by atoms with Crippen LogP contribution in [0.2, 0.25) is 0 Å². The number of aromatic hydroxyl groups is 1. The van der Waals surface area contributed by atoms with Crippen LogP contribution in [-0.4, -0.2) is 44.8 Å². The third-order valence-electron chi connectivity index (χ3n) is 3.06. The van der Waals surface area contributed by atoms with E-state index in [1.165, 1.54) is 26.1 Å². The van der Waals surface area contributed by atoms with Gasteiger partial charge in [0.25, 0.3) is 11.8 Å². The summed E-state index contributed by atoms with van der Waals surface area (Å²) < 4.78 is 0. The zero-order chi connectivity index (χ0) is 14.2. The molecule has 19 heavy (non-hydrogen) atoms. The molecule has 7 nitrogen and oxygen atoms in total. The number of imide groups is 1. The van der Waals surface area contributed by atoms with Crippen LogP contribution in [0.25, 0.3) is 0 Å². The van der Waals surface area contributed by atoms with Crippen LogP contribution < -0.4 is 5.32 Å². The Hall–Kier alpha value is -2.44. The lowest BCUT2D eigenvalue weighted by Gasteiger charge is -2.40. The molecule has 1 aliphatic rings. The lowest BCUT2D eigenvalue weighted by Crippen LogP contribution is -2.65. The minimum atomic E-state index is -1.17. The van der Waals surface area contributed by atoms with Crippen molar-refractivity contribution >= 4 is 17.7 Å². The molecule has 2 heterocycles. The zero-order valence-electron chi connectivity index (χ0n) is 10.5. The van der Waals surface area contributed by atoms with Gasteiger partial charge in [-0.15, -0.1) is 0 Å². The van der Waals surface area contributed by atoms with E-state index in [1.54, 1.807) is 0 Å². The Labute approximate surface area is 109 Å². The van der Waals surface area contributed by atoms with Gasteiger partial charge in [0.1, 0.15) is 17.8 Å². The normalized spacial score (nSPS) is 18.1. The number of amides is 3. The minimum absolute atomic E-state index is 0.00516. The molecule has 0 spiro atoms. The number of pyridine rings is 1. The average Bonchev–Trinajstić information content (AvgIpc) is 2.34. The van der Waals surface area contributed by atoms with Crippen molar-refractivity contribution in [2.45, 2.75) is 19.4 Å². The second-order valence-corrected chi connectivity index (χ2v) is 4.72. The number of aromatic nitrogens is 1.